The second kappa shape index (κ2) is 12.9. The molecule has 1 amide bonds. The zero-order valence-corrected chi connectivity index (χ0v) is 24.8. The van der Waals surface area contributed by atoms with Gasteiger partial charge in [-0.25, -0.2) is 8.42 Å². The van der Waals surface area contributed by atoms with Crippen LogP contribution in [0.15, 0.2) is 53.9 Å². The van der Waals surface area contributed by atoms with Crippen molar-refractivity contribution >= 4 is 21.5 Å². The maximum absolute atomic E-state index is 13.4. The third-order valence-corrected chi connectivity index (χ3v) is 10.8. The molecule has 1 aliphatic carbocycles. The summed E-state index contributed by atoms with van der Waals surface area (Å²) in [6.07, 6.45) is 3.55. The second-order valence-electron chi connectivity index (χ2n) is 11.9. The highest BCUT2D eigenvalue weighted by molar-refractivity contribution is 7.89. The summed E-state index contributed by atoms with van der Waals surface area (Å²) in [5, 5.41) is 3.14. The van der Waals surface area contributed by atoms with Gasteiger partial charge >= 0.3 is 6.18 Å². The number of likely N-dealkylation sites (tertiary alicyclic amines) is 1. The third-order valence-electron chi connectivity index (χ3n) is 8.83. The van der Waals surface area contributed by atoms with Gasteiger partial charge in [0.1, 0.15) is 0 Å². The highest BCUT2D eigenvalue weighted by atomic mass is 32.2. The quantitative estimate of drug-likeness (QED) is 0.383. The Morgan fingerprint density at radius 1 is 0.952 bits per heavy atom. The zero-order valence-electron chi connectivity index (χ0n) is 24.0. The number of piperidine rings is 2. The fourth-order valence-electron chi connectivity index (χ4n) is 6.59. The van der Waals surface area contributed by atoms with Crippen molar-refractivity contribution in [2.75, 3.05) is 26.2 Å². The van der Waals surface area contributed by atoms with Gasteiger partial charge in [-0.15, -0.1) is 0 Å². The van der Waals surface area contributed by atoms with Crippen LogP contribution in [-0.2, 0) is 27.4 Å². The van der Waals surface area contributed by atoms with Gasteiger partial charge in [0.15, 0.2) is 0 Å². The van der Waals surface area contributed by atoms with Crippen molar-refractivity contribution in [1.29, 1.82) is 0 Å². The van der Waals surface area contributed by atoms with Gasteiger partial charge in [-0.1, -0.05) is 43.7 Å². The van der Waals surface area contributed by atoms with E-state index in [0.29, 0.717) is 18.9 Å². The monoisotopic (exact) mass is 603 g/mol. The Labute approximate surface area is 247 Å². The first-order valence-corrected chi connectivity index (χ1v) is 16.5. The van der Waals surface area contributed by atoms with E-state index in [-0.39, 0.29) is 24.9 Å². The minimum absolute atomic E-state index is 0.0330. The Balaban J connectivity index is 1.25. The first-order chi connectivity index (χ1) is 20.0. The number of carbonyl (C=O) groups is 1. The molecule has 2 atom stereocenters. The summed E-state index contributed by atoms with van der Waals surface area (Å²) in [4.78, 5) is 15.3. The fraction of sp³-hybridized carbons (Fsp3) is 0.531. The van der Waals surface area contributed by atoms with Gasteiger partial charge in [-0.2, -0.15) is 17.5 Å². The first kappa shape index (κ1) is 30.8. The fourth-order valence-corrected chi connectivity index (χ4v) is 8.33. The Hall–Kier alpha value is -2.69. The molecule has 0 aromatic heterocycles. The number of rotatable bonds is 8. The molecule has 2 fully saturated rings. The van der Waals surface area contributed by atoms with E-state index in [1.807, 2.05) is 0 Å². The Bertz CT molecular complexity index is 1400. The molecule has 228 valence electrons. The zero-order chi connectivity index (χ0) is 29.9. The van der Waals surface area contributed by atoms with Crippen LogP contribution in [0.1, 0.15) is 86.1 Å². The lowest BCUT2D eigenvalue weighted by molar-refractivity contribution is -0.137. The molecular formula is C32H40F3N3O3S. The number of benzene rings is 2. The van der Waals surface area contributed by atoms with Gasteiger partial charge in [0.25, 0.3) is 0 Å². The number of alkyl halides is 3. The number of sulfonamides is 1. The van der Waals surface area contributed by atoms with Gasteiger partial charge in [-0.05, 0) is 98.5 Å². The summed E-state index contributed by atoms with van der Waals surface area (Å²) in [5.74, 6) is -0.248. The smallest absolute Gasteiger partial charge is 0.349 e. The van der Waals surface area contributed by atoms with Crippen LogP contribution in [0.5, 0.6) is 0 Å². The minimum atomic E-state index is -4.65. The molecule has 42 heavy (non-hydrogen) atoms. The second-order valence-corrected chi connectivity index (χ2v) is 13.8. The van der Waals surface area contributed by atoms with Gasteiger partial charge in [0, 0.05) is 25.6 Å². The number of nitrogens with one attached hydrogen (secondary N) is 1. The molecule has 10 heteroatoms. The number of nitrogens with zero attached hydrogens (tertiary/aromatic N) is 2. The molecule has 5 rings (SSSR count). The van der Waals surface area contributed by atoms with E-state index < -0.39 is 32.7 Å². The molecule has 2 aromatic carbocycles. The molecular weight excluding hydrogens is 563 g/mol. The molecule has 0 saturated carbocycles. The molecule has 2 aliphatic heterocycles. The van der Waals surface area contributed by atoms with E-state index in [4.69, 9.17) is 0 Å². The predicted molar refractivity (Wildman–Crippen MR) is 157 cm³/mol. The van der Waals surface area contributed by atoms with Crippen molar-refractivity contribution in [2.45, 2.75) is 87.4 Å². The summed E-state index contributed by atoms with van der Waals surface area (Å²) in [6.45, 7) is 7.60. The van der Waals surface area contributed by atoms with E-state index in [2.05, 4.69) is 35.0 Å². The molecule has 0 spiro atoms. The Morgan fingerprint density at radius 2 is 1.71 bits per heavy atom. The molecule has 2 saturated heterocycles. The van der Waals surface area contributed by atoms with Crippen molar-refractivity contribution in [3.05, 3.63) is 71.3 Å². The molecule has 0 bridgehead atoms. The van der Waals surface area contributed by atoms with Crippen molar-refractivity contribution in [3.8, 4) is 0 Å². The number of amides is 1. The highest BCUT2D eigenvalue weighted by Crippen LogP contribution is 2.35. The van der Waals surface area contributed by atoms with Crippen LogP contribution in [0.25, 0.3) is 5.57 Å². The van der Waals surface area contributed by atoms with E-state index in [1.54, 1.807) is 0 Å². The summed E-state index contributed by atoms with van der Waals surface area (Å²) < 4.78 is 67.9. The van der Waals surface area contributed by atoms with Crippen LogP contribution >= 0.6 is 0 Å². The molecule has 0 radical (unpaired) electrons. The first-order valence-electron chi connectivity index (χ1n) is 15.0. The molecule has 2 aromatic rings. The number of hydrogen-bond acceptors (Lipinski definition) is 4. The van der Waals surface area contributed by atoms with E-state index in [1.165, 1.54) is 35.2 Å². The standard InChI is InChI=1S/C32H40F3N3O3S/c1-23(22-37-16-4-2-5-17-37)24-14-15-29-25(19-24)9-7-13-30(29)36-31(39)21-27-11-3-6-18-38(27)42(40,41)28-12-8-10-26(20-28)32(33,34)35/h8,10,12,14-15,19-20,27,30H,1-7,9,11,13,16-18,21-22H2,(H,36,39)/t27-,30-/m1/s1. The summed E-state index contributed by atoms with van der Waals surface area (Å²) in [6, 6.07) is 9.42. The Morgan fingerprint density at radius 3 is 2.48 bits per heavy atom. The number of fused-ring (bicyclic) bond motifs is 1. The molecule has 3 aliphatic rings. The number of halogens is 3. The number of carbonyl (C=O) groups excluding carboxylic acids is 1. The normalized spacial score (nSPS) is 22.4. The van der Waals surface area contributed by atoms with Crippen molar-refractivity contribution in [3.63, 3.8) is 0 Å². The van der Waals surface area contributed by atoms with Crippen LogP contribution in [0.3, 0.4) is 0 Å². The van der Waals surface area contributed by atoms with Crippen LogP contribution in [0.2, 0.25) is 0 Å². The predicted octanol–water partition coefficient (Wildman–Crippen LogP) is 6.33. The van der Waals surface area contributed by atoms with Crippen molar-refractivity contribution in [2.24, 2.45) is 0 Å². The lowest BCUT2D eigenvalue weighted by atomic mass is 9.85. The highest BCUT2D eigenvalue weighted by Gasteiger charge is 2.37. The number of hydrogen-bond donors (Lipinski definition) is 1. The molecule has 0 unspecified atom stereocenters. The Kier molecular flexibility index (Phi) is 9.44. The molecule has 6 nitrogen and oxygen atoms in total. The molecule has 2 heterocycles. The topological polar surface area (TPSA) is 69.7 Å². The largest absolute Gasteiger partial charge is 0.416 e. The van der Waals surface area contributed by atoms with Crippen LogP contribution in [0.4, 0.5) is 13.2 Å². The third kappa shape index (κ3) is 7.09. The van der Waals surface area contributed by atoms with Crippen LogP contribution in [-0.4, -0.2) is 55.8 Å². The summed E-state index contributed by atoms with van der Waals surface area (Å²) in [5.41, 5.74) is 3.51. The van der Waals surface area contributed by atoms with E-state index in [9.17, 15) is 26.4 Å². The number of aryl methyl sites for hydroxylation is 1. The van der Waals surface area contributed by atoms with Gasteiger partial charge < -0.3 is 5.32 Å². The van der Waals surface area contributed by atoms with E-state index >= 15 is 0 Å². The SMILES string of the molecule is C=C(CN1CCCCC1)c1ccc2c(c1)CCC[C@H]2NC(=O)C[C@H]1CCCCN1S(=O)(=O)c1cccc(C(F)(F)F)c1. The lowest BCUT2D eigenvalue weighted by Gasteiger charge is -2.35. The van der Waals surface area contributed by atoms with E-state index in [0.717, 1.165) is 74.2 Å². The molecule has 1 N–H and O–H groups in total. The van der Waals surface area contributed by atoms with Crippen LogP contribution in [0, 0.1) is 0 Å². The lowest BCUT2D eigenvalue weighted by Crippen LogP contribution is -2.46. The van der Waals surface area contributed by atoms with Crippen molar-refractivity contribution < 1.29 is 26.4 Å². The minimum Gasteiger partial charge on any atom is -0.349 e. The average Bonchev–Trinajstić information content (AvgIpc) is 2.97. The van der Waals surface area contributed by atoms with Crippen molar-refractivity contribution in [1.82, 2.24) is 14.5 Å². The maximum atomic E-state index is 13.4. The van der Waals surface area contributed by atoms with Gasteiger partial charge in [0.2, 0.25) is 15.9 Å². The summed E-state index contributed by atoms with van der Waals surface area (Å²) >= 11 is 0. The van der Waals surface area contributed by atoms with Gasteiger partial charge in [0.05, 0.1) is 16.5 Å². The van der Waals surface area contributed by atoms with Gasteiger partial charge in [-0.3, -0.25) is 9.69 Å². The summed E-state index contributed by atoms with van der Waals surface area (Å²) in [7, 11) is -4.20. The average molecular weight is 604 g/mol. The van der Waals surface area contributed by atoms with Crippen LogP contribution < -0.4 is 5.32 Å². The maximum Gasteiger partial charge on any atom is 0.416 e.